The average molecular weight is 314 g/mol. The van der Waals surface area contributed by atoms with Crippen LogP contribution in [0.3, 0.4) is 0 Å². The molecule has 0 unspecified atom stereocenters. The molecule has 0 spiro atoms. The Kier molecular flexibility index (Phi) is 4.26. The fourth-order valence-electron chi connectivity index (χ4n) is 2.48. The number of nitriles is 1. The van der Waals surface area contributed by atoms with Gasteiger partial charge in [0.15, 0.2) is 0 Å². The Morgan fingerprint density at radius 1 is 1.00 bits per heavy atom. The van der Waals surface area contributed by atoms with Crippen molar-refractivity contribution in [2.45, 2.75) is 0 Å². The normalized spacial score (nSPS) is 11.0. The van der Waals surface area contributed by atoms with Crippen molar-refractivity contribution in [2.75, 3.05) is 0 Å². The number of hydrogen-bond donors (Lipinski definition) is 1. The fraction of sp³-hybridized carbons (Fsp3) is 0. The zero-order valence-electron chi connectivity index (χ0n) is 12.8. The van der Waals surface area contributed by atoms with Gasteiger partial charge in [-0.15, -0.1) is 0 Å². The van der Waals surface area contributed by atoms with Gasteiger partial charge in [0.1, 0.15) is 0 Å². The first-order valence-corrected chi connectivity index (χ1v) is 7.37. The van der Waals surface area contributed by atoms with Crippen molar-refractivity contribution in [1.82, 2.24) is 4.57 Å². The number of rotatable bonds is 4. The van der Waals surface area contributed by atoms with Crippen LogP contribution in [0.4, 0.5) is 0 Å². The molecule has 0 aliphatic heterocycles. The minimum absolute atomic E-state index is 0.222. The first kappa shape index (κ1) is 15.3. The van der Waals surface area contributed by atoms with Crippen LogP contribution in [0.15, 0.2) is 72.9 Å². The van der Waals surface area contributed by atoms with Crippen molar-refractivity contribution in [3.05, 3.63) is 89.7 Å². The van der Waals surface area contributed by atoms with E-state index in [9.17, 15) is 10.1 Å². The second-order valence-electron chi connectivity index (χ2n) is 5.19. The van der Waals surface area contributed by atoms with E-state index in [1.807, 2.05) is 59.3 Å². The maximum absolute atomic E-state index is 11.2. The smallest absolute Gasteiger partial charge is 0.335 e. The predicted octanol–water partition coefficient (Wildman–Crippen LogP) is 4.24. The summed E-state index contributed by atoms with van der Waals surface area (Å²) in [4.78, 5) is 11.2. The minimum atomic E-state index is -0.969. The number of carbonyl (C=O) groups is 1. The van der Waals surface area contributed by atoms with Crippen molar-refractivity contribution < 1.29 is 9.90 Å². The van der Waals surface area contributed by atoms with Crippen LogP contribution in [0.1, 0.15) is 21.6 Å². The van der Waals surface area contributed by atoms with Gasteiger partial charge in [-0.25, -0.2) is 4.79 Å². The summed E-state index contributed by atoms with van der Waals surface area (Å²) in [6, 6.07) is 22.1. The number of nitrogens with zero attached hydrogens (tertiary/aromatic N) is 2. The summed E-state index contributed by atoms with van der Waals surface area (Å²) in [7, 11) is 0. The highest BCUT2D eigenvalue weighted by molar-refractivity contribution is 5.90. The molecule has 0 saturated heterocycles. The van der Waals surface area contributed by atoms with E-state index < -0.39 is 5.97 Å². The lowest BCUT2D eigenvalue weighted by Crippen LogP contribution is -2.00. The van der Waals surface area contributed by atoms with Crippen molar-refractivity contribution in [2.24, 2.45) is 0 Å². The van der Waals surface area contributed by atoms with Gasteiger partial charge in [0.25, 0.3) is 0 Å². The molecule has 116 valence electrons. The molecule has 3 rings (SSSR count). The van der Waals surface area contributed by atoms with Crippen molar-refractivity contribution in [3.8, 4) is 11.8 Å². The fourth-order valence-corrected chi connectivity index (χ4v) is 2.48. The van der Waals surface area contributed by atoms with Crippen LogP contribution in [0.2, 0.25) is 0 Å². The van der Waals surface area contributed by atoms with E-state index in [-0.39, 0.29) is 5.56 Å². The van der Waals surface area contributed by atoms with Gasteiger partial charge in [0, 0.05) is 17.6 Å². The van der Waals surface area contributed by atoms with Gasteiger partial charge in [0.05, 0.1) is 17.2 Å². The molecule has 4 nitrogen and oxygen atoms in total. The molecule has 1 heterocycles. The molecular formula is C20H14N2O2. The summed E-state index contributed by atoms with van der Waals surface area (Å²) in [5.74, 6) is -0.969. The molecule has 0 aliphatic carbocycles. The number of benzene rings is 2. The molecule has 24 heavy (non-hydrogen) atoms. The Morgan fingerprint density at radius 3 is 2.46 bits per heavy atom. The summed E-state index contributed by atoms with van der Waals surface area (Å²) >= 11 is 0. The van der Waals surface area contributed by atoms with Gasteiger partial charge in [-0.2, -0.15) is 5.26 Å². The predicted molar refractivity (Wildman–Crippen MR) is 92.7 cm³/mol. The summed E-state index contributed by atoms with van der Waals surface area (Å²) < 4.78 is 1.85. The quantitative estimate of drug-likeness (QED) is 0.732. The summed E-state index contributed by atoms with van der Waals surface area (Å²) in [6.07, 6.45) is 3.63. The maximum Gasteiger partial charge on any atom is 0.335 e. The largest absolute Gasteiger partial charge is 0.478 e. The van der Waals surface area contributed by atoms with E-state index in [0.29, 0.717) is 5.57 Å². The first-order valence-electron chi connectivity index (χ1n) is 7.37. The Balaban J connectivity index is 2.05. The molecule has 3 aromatic rings. The molecule has 0 bridgehead atoms. The summed E-state index contributed by atoms with van der Waals surface area (Å²) in [5.41, 5.74) is 3.14. The van der Waals surface area contributed by atoms with Crippen LogP contribution < -0.4 is 0 Å². The third-order valence-electron chi connectivity index (χ3n) is 3.65. The van der Waals surface area contributed by atoms with E-state index in [1.54, 1.807) is 24.3 Å². The van der Waals surface area contributed by atoms with Crippen LogP contribution >= 0.6 is 0 Å². The van der Waals surface area contributed by atoms with E-state index in [2.05, 4.69) is 6.07 Å². The summed E-state index contributed by atoms with van der Waals surface area (Å²) in [5, 5.41) is 18.6. The molecular weight excluding hydrogens is 300 g/mol. The van der Waals surface area contributed by atoms with Crippen molar-refractivity contribution >= 4 is 17.6 Å². The molecule has 0 radical (unpaired) electrons. The highest BCUT2D eigenvalue weighted by Gasteiger charge is 2.08. The molecule has 1 aromatic heterocycles. The SMILES string of the molecule is N#C/C(=C\c1cccn1-c1cccc(C(=O)O)c1)c1ccccc1. The first-order chi connectivity index (χ1) is 11.7. The van der Waals surface area contributed by atoms with Gasteiger partial charge in [0.2, 0.25) is 0 Å². The topological polar surface area (TPSA) is 66.0 Å². The van der Waals surface area contributed by atoms with Gasteiger partial charge < -0.3 is 9.67 Å². The zero-order valence-corrected chi connectivity index (χ0v) is 12.8. The monoisotopic (exact) mass is 314 g/mol. The number of carboxylic acid groups (broad SMARTS) is 1. The Hall–Kier alpha value is -3.58. The molecule has 0 aliphatic rings. The van der Waals surface area contributed by atoms with Gasteiger partial charge in [-0.1, -0.05) is 36.4 Å². The van der Waals surface area contributed by atoms with E-state index >= 15 is 0 Å². The zero-order chi connectivity index (χ0) is 16.9. The number of carboxylic acids is 1. The molecule has 0 atom stereocenters. The number of aromatic nitrogens is 1. The van der Waals surface area contributed by atoms with Gasteiger partial charge >= 0.3 is 5.97 Å². The third kappa shape index (κ3) is 3.11. The average Bonchev–Trinajstić information content (AvgIpc) is 3.08. The standard InChI is InChI=1S/C20H14N2O2/c21-14-17(15-6-2-1-3-7-15)13-19-10-5-11-22(19)18-9-4-8-16(12-18)20(23)24/h1-13H,(H,23,24)/b17-13+. The highest BCUT2D eigenvalue weighted by Crippen LogP contribution is 2.21. The maximum atomic E-state index is 11.2. The number of aromatic carboxylic acids is 1. The Morgan fingerprint density at radius 2 is 1.75 bits per heavy atom. The number of hydrogen-bond acceptors (Lipinski definition) is 2. The van der Waals surface area contributed by atoms with Gasteiger partial charge in [-0.05, 0) is 42.0 Å². The second-order valence-corrected chi connectivity index (χ2v) is 5.19. The number of allylic oxidation sites excluding steroid dienone is 1. The molecule has 4 heteroatoms. The molecule has 0 amide bonds. The van der Waals surface area contributed by atoms with E-state index in [1.165, 1.54) is 0 Å². The third-order valence-corrected chi connectivity index (χ3v) is 3.65. The molecule has 0 fully saturated rings. The molecule has 2 aromatic carbocycles. The van der Waals surface area contributed by atoms with Crippen LogP contribution in [-0.4, -0.2) is 15.6 Å². The Bertz CT molecular complexity index is 947. The lowest BCUT2D eigenvalue weighted by molar-refractivity contribution is 0.0697. The van der Waals surface area contributed by atoms with Gasteiger partial charge in [-0.3, -0.25) is 0 Å². The Labute approximate surface area is 139 Å². The van der Waals surface area contributed by atoms with Crippen LogP contribution in [0, 0.1) is 11.3 Å². The van der Waals surface area contributed by atoms with Crippen molar-refractivity contribution in [3.63, 3.8) is 0 Å². The molecule has 1 N–H and O–H groups in total. The van der Waals surface area contributed by atoms with Crippen LogP contribution in [-0.2, 0) is 0 Å². The van der Waals surface area contributed by atoms with Crippen LogP contribution in [0.25, 0.3) is 17.3 Å². The lowest BCUT2D eigenvalue weighted by atomic mass is 10.1. The molecule has 0 saturated carbocycles. The minimum Gasteiger partial charge on any atom is -0.478 e. The van der Waals surface area contributed by atoms with Crippen LogP contribution in [0.5, 0.6) is 0 Å². The highest BCUT2D eigenvalue weighted by atomic mass is 16.4. The van der Waals surface area contributed by atoms with Crippen molar-refractivity contribution in [1.29, 1.82) is 5.26 Å². The van der Waals surface area contributed by atoms with E-state index in [0.717, 1.165) is 16.9 Å². The summed E-state index contributed by atoms with van der Waals surface area (Å²) in [6.45, 7) is 0. The second kappa shape index (κ2) is 6.67. The lowest BCUT2D eigenvalue weighted by Gasteiger charge is -2.08. The van der Waals surface area contributed by atoms with E-state index in [4.69, 9.17) is 5.11 Å².